The van der Waals surface area contributed by atoms with Crippen LogP contribution in [0.2, 0.25) is 0 Å². The molecule has 0 fully saturated rings. The van der Waals surface area contributed by atoms with Crippen molar-refractivity contribution >= 4 is 5.91 Å². The van der Waals surface area contributed by atoms with E-state index in [1.165, 1.54) is 0 Å². The van der Waals surface area contributed by atoms with E-state index < -0.39 is 0 Å². The Bertz CT molecular complexity index is 311. The van der Waals surface area contributed by atoms with Crippen LogP contribution in [0.15, 0.2) is 30.3 Å². The highest BCUT2D eigenvalue weighted by Crippen LogP contribution is 2.12. The van der Waals surface area contributed by atoms with E-state index in [1.54, 1.807) is 19.1 Å². The Balaban J connectivity index is 2.49. The van der Waals surface area contributed by atoms with Gasteiger partial charge in [0.1, 0.15) is 0 Å². The van der Waals surface area contributed by atoms with Gasteiger partial charge in [-0.25, -0.2) is 5.01 Å². The Kier molecular flexibility index (Phi) is 4.27. The molecule has 0 heterocycles. The normalized spacial score (nSPS) is 12.5. The van der Waals surface area contributed by atoms with Crippen molar-refractivity contribution in [3.05, 3.63) is 35.9 Å². The van der Waals surface area contributed by atoms with Gasteiger partial charge < -0.3 is 5.73 Å². The van der Waals surface area contributed by atoms with Crippen molar-refractivity contribution in [1.29, 1.82) is 0 Å². The highest BCUT2D eigenvalue weighted by molar-refractivity contribution is 5.76. The Morgan fingerprint density at radius 1 is 1.40 bits per heavy atom. The van der Waals surface area contributed by atoms with E-state index in [1.807, 2.05) is 30.3 Å². The van der Waals surface area contributed by atoms with Crippen LogP contribution in [-0.2, 0) is 4.79 Å². The van der Waals surface area contributed by atoms with Gasteiger partial charge in [-0.2, -0.15) is 0 Å². The number of carbonyl (C=O) groups excluding carboxylic acids is 1. The Morgan fingerprint density at radius 3 is 2.53 bits per heavy atom. The summed E-state index contributed by atoms with van der Waals surface area (Å²) in [6.07, 6.45) is 0.294. The number of nitrogens with one attached hydrogen (secondary N) is 1. The number of nitrogens with zero attached hydrogens (tertiary/aromatic N) is 1. The summed E-state index contributed by atoms with van der Waals surface area (Å²) >= 11 is 0. The number of amides is 1. The monoisotopic (exact) mass is 207 g/mol. The van der Waals surface area contributed by atoms with Gasteiger partial charge in [-0.3, -0.25) is 10.2 Å². The summed E-state index contributed by atoms with van der Waals surface area (Å²) in [5, 5.41) is 1.61. The lowest BCUT2D eigenvalue weighted by Crippen LogP contribution is -2.37. The maximum absolute atomic E-state index is 11.4. The van der Waals surface area contributed by atoms with Crippen LogP contribution in [0.4, 0.5) is 0 Å². The van der Waals surface area contributed by atoms with E-state index >= 15 is 0 Å². The number of nitrogens with two attached hydrogens (primary N) is 1. The quantitative estimate of drug-likeness (QED) is 0.713. The average Bonchev–Trinajstić information content (AvgIpc) is 2.17. The van der Waals surface area contributed by atoms with Crippen LogP contribution in [0.5, 0.6) is 0 Å². The van der Waals surface area contributed by atoms with Gasteiger partial charge in [0.2, 0.25) is 5.91 Å². The Morgan fingerprint density at radius 2 is 2.00 bits per heavy atom. The fourth-order valence-electron chi connectivity index (χ4n) is 1.31. The first-order valence-corrected chi connectivity index (χ1v) is 4.87. The van der Waals surface area contributed by atoms with Crippen LogP contribution in [0.3, 0.4) is 0 Å². The third kappa shape index (κ3) is 4.10. The van der Waals surface area contributed by atoms with Gasteiger partial charge in [0.25, 0.3) is 0 Å². The minimum atomic E-state index is -0.244. The fourth-order valence-corrected chi connectivity index (χ4v) is 1.31. The van der Waals surface area contributed by atoms with Gasteiger partial charge in [-0.1, -0.05) is 30.3 Å². The minimum absolute atomic E-state index is 0.0728. The zero-order valence-corrected chi connectivity index (χ0v) is 9.10. The fraction of sp³-hybridized carbons (Fsp3) is 0.364. The van der Waals surface area contributed by atoms with Crippen LogP contribution < -0.4 is 11.2 Å². The van der Waals surface area contributed by atoms with Crippen LogP contribution >= 0.6 is 0 Å². The molecule has 0 saturated carbocycles. The first kappa shape index (κ1) is 11.7. The molecule has 4 heteroatoms. The van der Waals surface area contributed by atoms with Crippen molar-refractivity contribution in [1.82, 2.24) is 10.4 Å². The second kappa shape index (κ2) is 5.48. The molecule has 1 aromatic rings. The molecule has 0 spiro atoms. The van der Waals surface area contributed by atoms with Gasteiger partial charge in [-0.15, -0.1) is 0 Å². The van der Waals surface area contributed by atoms with Crippen molar-refractivity contribution in [3.63, 3.8) is 0 Å². The van der Waals surface area contributed by atoms with Crippen molar-refractivity contribution in [2.24, 2.45) is 5.73 Å². The van der Waals surface area contributed by atoms with Gasteiger partial charge >= 0.3 is 0 Å². The highest BCUT2D eigenvalue weighted by Gasteiger charge is 2.11. The summed E-state index contributed by atoms with van der Waals surface area (Å²) in [7, 11) is 3.54. The van der Waals surface area contributed by atoms with Gasteiger partial charge in [0.05, 0.1) is 0 Å². The second-order valence-corrected chi connectivity index (χ2v) is 3.65. The molecule has 3 N–H and O–H groups in total. The van der Waals surface area contributed by atoms with Crippen LogP contribution in [0.25, 0.3) is 0 Å². The summed E-state index contributed by atoms with van der Waals surface area (Å²) in [5.41, 5.74) is 9.53. The first-order chi connectivity index (χ1) is 7.09. The third-order valence-corrected chi connectivity index (χ3v) is 1.98. The SMILES string of the molecule is CN(C)NC(=O)CC(N)c1ccccc1. The van der Waals surface area contributed by atoms with Crippen molar-refractivity contribution < 1.29 is 4.79 Å². The molecule has 15 heavy (non-hydrogen) atoms. The number of hydrazine groups is 1. The third-order valence-electron chi connectivity index (χ3n) is 1.98. The Labute approximate surface area is 90.0 Å². The van der Waals surface area contributed by atoms with Crippen LogP contribution in [-0.4, -0.2) is 25.0 Å². The lowest BCUT2D eigenvalue weighted by Gasteiger charge is -2.15. The number of benzene rings is 1. The van der Waals surface area contributed by atoms with E-state index in [-0.39, 0.29) is 11.9 Å². The largest absolute Gasteiger partial charge is 0.324 e. The molecule has 0 saturated heterocycles. The number of carbonyl (C=O) groups is 1. The van der Waals surface area contributed by atoms with E-state index in [0.717, 1.165) is 5.56 Å². The molecular formula is C11H17N3O. The molecule has 1 amide bonds. The lowest BCUT2D eigenvalue weighted by atomic mass is 10.0. The zero-order valence-electron chi connectivity index (χ0n) is 9.10. The topological polar surface area (TPSA) is 58.4 Å². The van der Waals surface area contributed by atoms with E-state index in [4.69, 9.17) is 5.73 Å². The van der Waals surface area contributed by atoms with Crippen LogP contribution in [0.1, 0.15) is 18.0 Å². The smallest absolute Gasteiger partial charge is 0.236 e. The average molecular weight is 207 g/mol. The molecule has 82 valence electrons. The summed E-state index contributed by atoms with van der Waals surface area (Å²) in [5.74, 6) is -0.0728. The molecule has 0 aliphatic carbocycles. The van der Waals surface area contributed by atoms with E-state index in [9.17, 15) is 4.79 Å². The predicted octanol–water partition coefficient (Wildman–Crippen LogP) is 0.669. The number of rotatable bonds is 4. The number of hydrogen-bond donors (Lipinski definition) is 2. The zero-order chi connectivity index (χ0) is 11.3. The summed E-state index contributed by atoms with van der Waals surface area (Å²) in [6.45, 7) is 0. The molecule has 0 aliphatic rings. The molecule has 0 bridgehead atoms. The molecule has 4 nitrogen and oxygen atoms in total. The summed E-state index contributed by atoms with van der Waals surface area (Å²) < 4.78 is 0. The summed E-state index contributed by atoms with van der Waals surface area (Å²) in [4.78, 5) is 11.4. The maximum atomic E-state index is 11.4. The molecule has 1 rings (SSSR count). The maximum Gasteiger partial charge on any atom is 0.236 e. The summed E-state index contributed by atoms with van der Waals surface area (Å²) in [6, 6.07) is 9.36. The molecule has 1 unspecified atom stereocenters. The standard InChI is InChI=1S/C11H17N3O/c1-14(2)13-11(15)8-10(12)9-6-4-3-5-7-9/h3-7,10H,8,12H2,1-2H3,(H,13,15). The molecule has 0 aliphatic heterocycles. The first-order valence-electron chi connectivity index (χ1n) is 4.87. The number of hydrogen-bond acceptors (Lipinski definition) is 3. The van der Waals surface area contributed by atoms with Gasteiger partial charge in [0, 0.05) is 26.6 Å². The molecule has 1 aromatic carbocycles. The molecule has 0 aromatic heterocycles. The van der Waals surface area contributed by atoms with Crippen molar-refractivity contribution in [2.45, 2.75) is 12.5 Å². The minimum Gasteiger partial charge on any atom is -0.324 e. The molecular weight excluding hydrogens is 190 g/mol. The Hall–Kier alpha value is -1.39. The molecule has 0 radical (unpaired) electrons. The van der Waals surface area contributed by atoms with Crippen molar-refractivity contribution in [3.8, 4) is 0 Å². The van der Waals surface area contributed by atoms with E-state index in [2.05, 4.69) is 5.43 Å². The van der Waals surface area contributed by atoms with Crippen molar-refractivity contribution in [2.75, 3.05) is 14.1 Å². The highest BCUT2D eigenvalue weighted by atomic mass is 16.2. The van der Waals surface area contributed by atoms with Gasteiger partial charge in [-0.05, 0) is 5.56 Å². The predicted molar refractivity (Wildman–Crippen MR) is 59.8 cm³/mol. The second-order valence-electron chi connectivity index (χ2n) is 3.65. The van der Waals surface area contributed by atoms with Gasteiger partial charge in [0.15, 0.2) is 0 Å². The van der Waals surface area contributed by atoms with Crippen LogP contribution in [0, 0.1) is 0 Å². The lowest BCUT2D eigenvalue weighted by molar-refractivity contribution is -0.125. The molecule has 1 atom stereocenters. The van der Waals surface area contributed by atoms with E-state index in [0.29, 0.717) is 6.42 Å².